The summed E-state index contributed by atoms with van der Waals surface area (Å²) in [5, 5.41) is 1.82. The lowest BCUT2D eigenvalue weighted by Gasteiger charge is -2.08. The predicted molar refractivity (Wildman–Crippen MR) is 182 cm³/mol. The molecule has 206 valence electrons. The number of thiophene rings is 1. The van der Waals surface area contributed by atoms with Gasteiger partial charge in [-0.15, -0.1) is 11.3 Å². The lowest BCUT2D eigenvalue weighted by Crippen LogP contribution is -2.00. The molecule has 0 amide bonds. The van der Waals surface area contributed by atoms with Crippen LogP contribution in [0.5, 0.6) is 0 Å². The third-order valence-corrected chi connectivity index (χ3v) is 8.47. The number of benzene rings is 6. The highest BCUT2D eigenvalue weighted by molar-refractivity contribution is 7.25. The van der Waals surface area contributed by atoms with Crippen molar-refractivity contribution in [2.45, 2.75) is 0 Å². The zero-order valence-electron chi connectivity index (χ0n) is 33.6. The Bertz CT molecular complexity index is 3100. The van der Waals surface area contributed by atoms with Gasteiger partial charge in [-0.2, -0.15) is 0 Å². The highest BCUT2D eigenvalue weighted by atomic mass is 32.1. The topological polar surface area (TPSA) is 51.8 Å². The Morgan fingerprint density at radius 3 is 2.14 bits per heavy atom. The minimum Gasteiger partial charge on any atom is -0.455 e. The molecule has 0 unspecified atom stereocenters. The van der Waals surface area contributed by atoms with Crippen LogP contribution in [0.3, 0.4) is 0 Å². The number of para-hydroxylation sites is 1. The fourth-order valence-corrected chi connectivity index (χ4v) is 6.42. The number of furan rings is 1. The molecule has 0 aliphatic carbocycles. The van der Waals surface area contributed by atoms with Gasteiger partial charge >= 0.3 is 0 Å². The average Bonchev–Trinajstić information content (AvgIpc) is 3.78. The predicted octanol–water partition coefficient (Wildman–Crippen LogP) is 10.8. The van der Waals surface area contributed by atoms with Gasteiger partial charge in [-0.3, -0.25) is 0 Å². The second-order valence-corrected chi connectivity index (χ2v) is 11.1. The van der Waals surface area contributed by atoms with Crippen LogP contribution in [0.4, 0.5) is 0 Å². The molecule has 0 fully saturated rings. The van der Waals surface area contributed by atoms with Crippen molar-refractivity contribution < 1.29 is 19.5 Å². The largest absolute Gasteiger partial charge is 0.455 e. The summed E-state index contributed by atoms with van der Waals surface area (Å²) in [4.78, 5) is 14.2. The number of hydrogen-bond acceptors (Lipinski definition) is 5. The van der Waals surface area contributed by atoms with Crippen molar-refractivity contribution >= 4 is 53.4 Å². The second kappa shape index (κ2) is 9.97. The van der Waals surface area contributed by atoms with Gasteiger partial charge in [-0.25, -0.2) is 15.0 Å². The third kappa shape index (κ3) is 4.09. The van der Waals surface area contributed by atoms with Crippen LogP contribution in [0.2, 0.25) is 0 Å². The Hall–Kier alpha value is -5.65. The molecule has 0 bridgehead atoms. The number of rotatable bonds is 4. The van der Waals surface area contributed by atoms with Gasteiger partial charge in [0, 0.05) is 53.2 Å². The minimum atomic E-state index is -0.675. The molecule has 0 radical (unpaired) electrons. The standard InChI is InChI=1S/C39H23N3OS/c1-3-10-24(11-4-1)28-15-9-16-32-29-20-18-26(22-33(29)43-36(28)32)38-40-37(25-12-5-2-6-13-25)41-39(42-38)27-19-21-31-30-14-7-8-17-34(30)44-35(31)23-27/h1-23H/i1D,3D,4D,9D,10D,11D,15D,16D,18D,20D,22D. The molecule has 4 nitrogen and oxygen atoms in total. The van der Waals surface area contributed by atoms with Crippen molar-refractivity contribution in [2.75, 3.05) is 0 Å². The molecule has 3 aromatic heterocycles. The lowest BCUT2D eigenvalue weighted by molar-refractivity contribution is 0.670. The van der Waals surface area contributed by atoms with E-state index in [1.54, 1.807) is 11.3 Å². The first-order chi connectivity index (χ1) is 26.4. The minimum absolute atomic E-state index is 0.0922. The first-order valence-electron chi connectivity index (χ1n) is 19.1. The van der Waals surface area contributed by atoms with Crippen LogP contribution < -0.4 is 0 Å². The summed E-state index contributed by atoms with van der Waals surface area (Å²) in [6.07, 6.45) is 0. The highest BCUT2D eigenvalue weighted by Gasteiger charge is 2.17. The molecular formula is C39H23N3OS. The van der Waals surface area contributed by atoms with Gasteiger partial charge in [-0.1, -0.05) is 115 Å². The summed E-state index contributed by atoms with van der Waals surface area (Å²) in [5.41, 5.74) is -0.276. The van der Waals surface area contributed by atoms with Crippen LogP contribution in [-0.4, -0.2) is 15.0 Å². The number of aromatic nitrogens is 3. The quantitative estimate of drug-likeness (QED) is 0.204. The Labute approximate surface area is 272 Å². The zero-order chi connectivity index (χ0) is 38.6. The molecular weight excluding hydrogens is 559 g/mol. The van der Waals surface area contributed by atoms with Crippen molar-refractivity contribution in [1.82, 2.24) is 15.0 Å². The van der Waals surface area contributed by atoms with E-state index in [4.69, 9.17) is 30.3 Å². The van der Waals surface area contributed by atoms with Crippen LogP contribution in [-0.2, 0) is 0 Å². The van der Waals surface area contributed by atoms with Gasteiger partial charge < -0.3 is 4.42 Å². The first kappa shape index (κ1) is 16.3. The SMILES string of the molecule is [2H]c1c([2H])c([2H])c(-c2c([2H])c([2H])c([2H])c3c2oc2c([2H])c(-c4nc(-c5ccccc5)nc(-c5ccc6c(c5)sc5ccccc56)n4)c([2H])c([2H])c23)c([2H])c1[2H]. The van der Waals surface area contributed by atoms with E-state index in [1.165, 1.54) is 0 Å². The summed E-state index contributed by atoms with van der Waals surface area (Å²) in [7, 11) is 0. The van der Waals surface area contributed by atoms with Crippen LogP contribution in [0.15, 0.2) is 144 Å². The van der Waals surface area contributed by atoms with E-state index in [0.717, 1.165) is 20.2 Å². The molecule has 9 rings (SSSR count). The summed E-state index contributed by atoms with van der Waals surface area (Å²) in [6, 6.07) is 16.5. The van der Waals surface area contributed by atoms with Crippen molar-refractivity contribution in [3.8, 4) is 45.3 Å². The Balaban J connectivity index is 1.33. The van der Waals surface area contributed by atoms with Crippen LogP contribution >= 0.6 is 11.3 Å². The third-order valence-electron chi connectivity index (χ3n) is 7.34. The van der Waals surface area contributed by atoms with E-state index < -0.39 is 72.0 Å². The Morgan fingerprint density at radius 1 is 0.523 bits per heavy atom. The van der Waals surface area contributed by atoms with E-state index in [2.05, 4.69) is 12.1 Å². The molecule has 0 saturated heterocycles. The second-order valence-electron chi connectivity index (χ2n) is 9.99. The fraction of sp³-hybridized carbons (Fsp3) is 0. The molecule has 0 aliphatic rings. The number of fused-ring (bicyclic) bond motifs is 6. The van der Waals surface area contributed by atoms with Crippen molar-refractivity contribution in [3.63, 3.8) is 0 Å². The van der Waals surface area contributed by atoms with Crippen molar-refractivity contribution in [3.05, 3.63) is 139 Å². The zero-order valence-corrected chi connectivity index (χ0v) is 23.4. The van der Waals surface area contributed by atoms with Gasteiger partial charge in [0.15, 0.2) is 17.5 Å². The summed E-state index contributed by atoms with van der Waals surface area (Å²) in [5.74, 6) is 0.417. The van der Waals surface area contributed by atoms with Gasteiger partial charge in [0.25, 0.3) is 0 Å². The van der Waals surface area contributed by atoms with E-state index in [-0.39, 0.29) is 50.5 Å². The molecule has 0 N–H and O–H groups in total. The number of nitrogens with zero attached hydrogens (tertiary/aromatic N) is 3. The first-order valence-corrected chi connectivity index (χ1v) is 14.5. The number of hydrogen-bond donors (Lipinski definition) is 0. The van der Waals surface area contributed by atoms with Gasteiger partial charge in [-0.05, 0) is 29.8 Å². The molecule has 6 aromatic carbocycles. The van der Waals surface area contributed by atoms with Gasteiger partial charge in [0.1, 0.15) is 11.2 Å². The van der Waals surface area contributed by atoms with Gasteiger partial charge in [0.05, 0.1) is 15.1 Å². The van der Waals surface area contributed by atoms with E-state index in [0.29, 0.717) is 11.1 Å². The molecule has 0 atom stereocenters. The maximum Gasteiger partial charge on any atom is 0.164 e. The molecule has 0 aliphatic heterocycles. The monoisotopic (exact) mass is 592 g/mol. The molecule has 3 heterocycles. The fourth-order valence-electron chi connectivity index (χ4n) is 5.28. The van der Waals surface area contributed by atoms with Crippen molar-refractivity contribution in [2.24, 2.45) is 0 Å². The molecule has 44 heavy (non-hydrogen) atoms. The summed E-state index contributed by atoms with van der Waals surface area (Å²) >= 11 is 1.62. The summed E-state index contributed by atoms with van der Waals surface area (Å²) in [6.45, 7) is 0. The van der Waals surface area contributed by atoms with E-state index in [9.17, 15) is 4.11 Å². The van der Waals surface area contributed by atoms with Crippen LogP contribution in [0.1, 0.15) is 15.1 Å². The Kier molecular flexibility index (Phi) is 3.69. The van der Waals surface area contributed by atoms with E-state index in [1.807, 2.05) is 60.7 Å². The molecule has 9 aromatic rings. The normalized spacial score (nSPS) is 15.1. The maximum absolute atomic E-state index is 9.39. The maximum atomic E-state index is 9.39. The van der Waals surface area contributed by atoms with Crippen molar-refractivity contribution in [1.29, 1.82) is 0 Å². The summed E-state index contributed by atoms with van der Waals surface area (Å²) < 4.78 is 104. The van der Waals surface area contributed by atoms with E-state index >= 15 is 0 Å². The van der Waals surface area contributed by atoms with Gasteiger partial charge in [0.2, 0.25) is 0 Å². The molecule has 5 heteroatoms. The van der Waals surface area contributed by atoms with Crippen LogP contribution in [0, 0.1) is 0 Å². The Morgan fingerprint density at radius 2 is 1.27 bits per heavy atom. The highest BCUT2D eigenvalue weighted by Crippen LogP contribution is 2.38. The smallest absolute Gasteiger partial charge is 0.164 e. The average molecular weight is 593 g/mol. The molecule has 0 spiro atoms. The van der Waals surface area contributed by atoms with Crippen LogP contribution in [0.25, 0.3) is 87.4 Å². The lowest BCUT2D eigenvalue weighted by atomic mass is 10.0. The molecule has 0 saturated carbocycles.